The fraction of sp³-hybridized carbons (Fsp3) is 0.290. The molecule has 5 rings (SSSR count). The van der Waals surface area contributed by atoms with Gasteiger partial charge in [-0.1, -0.05) is 49.7 Å². The number of hydrogen-bond donors (Lipinski definition) is 0. The van der Waals surface area contributed by atoms with Crippen molar-refractivity contribution in [3.05, 3.63) is 84.7 Å². The van der Waals surface area contributed by atoms with Gasteiger partial charge in [0.2, 0.25) is 0 Å². The number of hydrogen-bond acceptors (Lipinski definition) is 7. The normalized spacial score (nSPS) is 11.8. The Balaban J connectivity index is 1.21. The number of nitrogens with zero attached hydrogens (tertiary/aromatic N) is 2. The maximum absolute atomic E-state index is 13.1. The fourth-order valence-electron chi connectivity index (χ4n) is 4.38. The average Bonchev–Trinajstić information content (AvgIpc) is 3.47. The number of ether oxygens (including phenoxy) is 4. The number of para-hydroxylation sites is 2. The van der Waals surface area contributed by atoms with Crippen LogP contribution in [0.5, 0.6) is 23.0 Å². The highest BCUT2D eigenvalue weighted by Crippen LogP contribution is 2.34. The van der Waals surface area contributed by atoms with Crippen LogP contribution in [0, 0.1) is 3.57 Å². The summed E-state index contributed by atoms with van der Waals surface area (Å²) in [4.78, 5) is 18.4. The van der Waals surface area contributed by atoms with E-state index in [1.807, 2.05) is 66.7 Å². The molecule has 0 atom stereocenters. The average molecular weight is 671 g/mol. The molecule has 0 unspecified atom stereocenters. The Morgan fingerprint density at radius 1 is 0.925 bits per heavy atom. The first-order valence-corrected chi connectivity index (χ1v) is 15.2. The molecule has 0 aliphatic carbocycles. The van der Waals surface area contributed by atoms with E-state index in [-0.39, 0.29) is 5.56 Å². The van der Waals surface area contributed by atoms with E-state index in [4.69, 9.17) is 18.9 Å². The summed E-state index contributed by atoms with van der Waals surface area (Å²) in [7, 11) is 1.61. The van der Waals surface area contributed by atoms with Gasteiger partial charge in [-0.15, -0.1) is 0 Å². The smallest absolute Gasteiger partial charge is 0.274 e. The van der Waals surface area contributed by atoms with Crippen molar-refractivity contribution in [2.24, 2.45) is 0 Å². The van der Waals surface area contributed by atoms with Crippen molar-refractivity contribution in [3.8, 4) is 23.0 Å². The summed E-state index contributed by atoms with van der Waals surface area (Å²) in [5.74, 6) is 2.85. The minimum Gasteiger partial charge on any atom is -0.494 e. The molecule has 2 aromatic heterocycles. The first-order chi connectivity index (χ1) is 19.6. The molecule has 0 bridgehead atoms. The Hall–Kier alpha value is -3.31. The van der Waals surface area contributed by atoms with Crippen LogP contribution in [0.3, 0.4) is 0 Å². The molecule has 208 valence electrons. The third-order valence-corrected chi connectivity index (χ3v) is 8.15. The van der Waals surface area contributed by atoms with Gasteiger partial charge < -0.3 is 18.9 Å². The van der Waals surface area contributed by atoms with Crippen LogP contribution in [0.2, 0.25) is 0 Å². The summed E-state index contributed by atoms with van der Waals surface area (Å²) in [6.07, 6.45) is 6.61. The van der Waals surface area contributed by atoms with Gasteiger partial charge in [-0.25, -0.2) is 9.38 Å². The topological polar surface area (TPSA) is 71.3 Å². The Morgan fingerprint density at radius 2 is 1.65 bits per heavy atom. The third kappa shape index (κ3) is 6.52. The highest BCUT2D eigenvalue weighted by Gasteiger charge is 2.14. The molecule has 7 nitrogen and oxygen atoms in total. The zero-order valence-electron chi connectivity index (χ0n) is 22.5. The van der Waals surface area contributed by atoms with Gasteiger partial charge in [0, 0.05) is 0 Å². The number of unbranched alkanes of at least 4 members (excludes halogenated alkanes) is 3. The lowest BCUT2D eigenvalue weighted by Gasteiger charge is -2.14. The first kappa shape index (κ1) is 28.2. The maximum Gasteiger partial charge on any atom is 0.274 e. The van der Waals surface area contributed by atoms with Crippen LogP contribution in [0.25, 0.3) is 22.1 Å². The molecule has 2 heterocycles. The van der Waals surface area contributed by atoms with E-state index >= 15 is 0 Å². The molecule has 9 heteroatoms. The van der Waals surface area contributed by atoms with Gasteiger partial charge in [0.25, 0.3) is 5.56 Å². The van der Waals surface area contributed by atoms with Gasteiger partial charge in [0.1, 0.15) is 24.7 Å². The van der Waals surface area contributed by atoms with Crippen molar-refractivity contribution < 1.29 is 18.9 Å². The summed E-state index contributed by atoms with van der Waals surface area (Å²) in [6.45, 7) is 3.68. The molecule has 0 fully saturated rings. The molecule has 5 aromatic rings. The van der Waals surface area contributed by atoms with Crippen LogP contribution >= 0.6 is 33.9 Å². The maximum atomic E-state index is 13.1. The molecule has 0 N–H and O–H groups in total. The minimum atomic E-state index is -0.0771. The van der Waals surface area contributed by atoms with Crippen LogP contribution in [-0.2, 0) is 0 Å². The molecule has 0 amide bonds. The van der Waals surface area contributed by atoms with E-state index in [9.17, 15) is 4.79 Å². The standard InChI is InChI=1S/C31H31IN2O5S/c1-3-4-5-8-15-37-22-11-13-23(14-12-22)38-16-17-39-29-24(32)18-21(19-27(29)36-2)20-28-30(35)34-26-10-7-6-9-25(26)33-31(34)40-28/h6-7,9-14,18-20H,3-5,8,15-17H2,1-2H3/b28-20-. The number of aromatic nitrogens is 2. The lowest BCUT2D eigenvalue weighted by atomic mass is 10.2. The largest absolute Gasteiger partial charge is 0.494 e. The van der Waals surface area contributed by atoms with Crippen molar-refractivity contribution in [3.63, 3.8) is 0 Å². The van der Waals surface area contributed by atoms with Crippen LogP contribution in [0.4, 0.5) is 0 Å². The summed E-state index contributed by atoms with van der Waals surface area (Å²) in [5, 5.41) is 0. The van der Waals surface area contributed by atoms with Gasteiger partial charge in [-0.3, -0.25) is 4.79 Å². The summed E-state index contributed by atoms with van der Waals surface area (Å²) >= 11 is 3.60. The second-order valence-corrected chi connectivity index (χ2v) is 11.4. The van der Waals surface area contributed by atoms with Gasteiger partial charge in [-0.2, -0.15) is 0 Å². The zero-order valence-corrected chi connectivity index (χ0v) is 25.5. The number of rotatable bonds is 13. The summed E-state index contributed by atoms with van der Waals surface area (Å²) in [6, 6.07) is 19.2. The lowest BCUT2D eigenvalue weighted by molar-refractivity contribution is 0.210. The highest BCUT2D eigenvalue weighted by molar-refractivity contribution is 14.1. The predicted octanol–water partition coefficient (Wildman–Crippen LogP) is 6.49. The second kappa shape index (κ2) is 13.4. The number of thiazole rings is 1. The van der Waals surface area contributed by atoms with Gasteiger partial charge >= 0.3 is 0 Å². The number of imidazole rings is 1. The second-order valence-electron chi connectivity index (χ2n) is 9.25. The van der Waals surface area contributed by atoms with Crippen molar-refractivity contribution >= 4 is 56.0 Å². The van der Waals surface area contributed by atoms with Crippen LogP contribution in [0.15, 0.2) is 65.5 Å². The van der Waals surface area contributed by atoms with Crippen LogP contribution < -0.4 is 29.0 Å². The van der Waals surface area contributed by atoms with Gasteiger partial charge in [0.15, 0.2) is 16.5 Å². The Labute approximate surface area is 250 Å². The Morgan fingerprint density at radius 3 is 2.40 bits per heavy atom. The quantitative estimate of drug-likeness (QED) is 0.106. The Kier molecular flexibility index (Phi) is 9.43. The van der Waals surface area contributed by atoms with Crippen LogP contribution in [-0.4, -0.2) is 36.3 Å². The zero-order chi connectivity index (χ0) is 27.9. The molecule has 0 aliphatic heterocycles. The minimum absolute atomic E-state index is 0.0771. The molecule has 0 aliphatic rings. The number of halogens is 1. The molecule has 0 saturated heterocycles. The van der Waals surface area contributed by atoms with E-state index < -0.39 is 0 Å². The summed E-state index contributed by atoms with van der Waals surface area (Å²) in [5.41, 5.74) is 2.41. The number of methoxy groups -OCH3 is 1. The molecule has 0 spiro atoms. The predicted molar refractivity (Wildman–Crippen MR) is 168 cm³/mol. The SMILES string of the molecule is CCCCCCOc1ccc(OCCOc2c(I)cc(/C=c3\sc4nc5ccccc5n4c3=O)cc2OC)cc1. The van der Waals surface area contributed by atoms with E-state index in [0.717, 1.165) is 44.7 Å². The number of fused-ring (bicyclic) bond motifs is 3. The molecule has 0 radical (unpaired) electrons. The molecular weight excluding hydrogens is 639 g/mol. The Bertz CT molecular complexity index is 1700. The van der Waals surface area contributed by atoms with Crippen molar-refractivity contribution in [1.82, 2.24) is 9.38 Å². The van der Waals surface area contributed by atoms with Crippen LogP contribution in [0.1, 0.15) is 38.2 Å². The van der Waals surface area contributed by atoms with E-state index in [0.29, 0.717) is 34.2 Å². The molecule has 3 aromatic carbocycles. The van der Waals surface area contributed by atoms with E-state index in [2.05, 4.69) is 34.5 Å². The number of benzene rings is 3. The first-order valence-electron chi connectivity index (χ1n) is 13.3. The van der Waals surface area contributed by atoms with E-state index in [1.165, 1.54) is 30.6 Å². The van der Waals surface area contributed by atoms with Crippen molar-refractivity contribution in [2.75, 3.05) is 26.9 Å². The monoisotopic (exact) mass is 670 g/mol. The van der Waals surface area contributed by atoms with Gasteiger partial charge in [-0.05, 0) is 89.2 Å². The fourth-order valence-corrected chi connectivity index (χ4v) is 6.15. The molecular formula is C31H31IN2O5S. The third-order valence-electron chi connectivity index (χ3n) is 6.38. The van der Waals surface area contributed by atoms with Crippen molar-refractivity contribution in [2.45, 2.75) is 32.6 Å². The summed E-state index contributed by atoms with van der Waals surface area (Å²) < 4.78 is 26.5. The van der Waals surface area contributed by atoms with E-state index in [1.54, 1.807) is 11.5 Å². The van der Waals surface area contributed by atoms with Gasteiger partial charge in [0.05, 0.1) is 32.9 Å². The highest BCUT2D eigenvalue weighted by atomic mass is 127. The van der Waals surface area contributed by atoms with Crippen molar-refractivity contribution in [1.29, 1.82) is 0 Å². The lowest BCUT2D eigenvalue weighted by Crippen LogP contribution is -2.22. The molecule has 0 saturated carbocycles. The molecule has 40 heavy (non-hydrogen) atoms.